The third-order valence-electron chi connectivity index (χ3n) is 6.64. The Bertz CT molecular complexity index is 807. The van der Waals surface area contributed by atoms with E-state index in [1.807, 2.05) is 19.9 Å². The summed E-state index contributed by atoms with van der Waals surface area (Å²) >= 11 is 0. The fourth-order valence-electron chi connectivity index (χ4n) is 5.34. The second-order valence-electron chi connectivity index (χ2n) is 8.79. The first kappa shape index (κ1) is 20.1. The number of nitrogens with zero attached hydrogens (tertiary/aromatic N) is 2. The molecule has 0 saturated carbocycles. The summed E-state index contributed by atoms with van der Waals surface area (Å²) < 4.78 is 11.8. The van der Waals surface area contributed by atoms with E-state index in [1.165, 1.54) is 4.90 Å². The Morgan fingerprint density at radius 1 is 1.14 bits per heavy atom. The predicted molar refractivity (Wildman–Crippen MR) is 102 cm³/mol. The van der Waals surface area contributed by atoms with Crippen LogP contribution in [0, 0.1) is 11.8 Å². The molecule has 2 fully saturated rings. The fraction of sp³-hybridized carbons (Fsp3) is 0.667. The topological polar surface area (TPSA) is 96.4 Å². The highest BCUT2D eigenvalue weighted by Gasteiger charge is 2.75. The maximum absolute atomic E-state index is 13.6. The number of fused-ring (bicyclic) bond motifs is 2. The standard InChI is InChI=1S/C21H28N2O6/c1-12(2)22-9-5-8-21-14(15-19(27)28-10-6-7-20(15,4)29-21)17(25)23(13(3)11-24)16(21)18(22)26/h5-8,12-16,24H,9-11H2,1-4H3/t13-,14+,15-,16?,20+,21+/m1/s1. The molecule has 0 aliphatic carbocycles. The maximum Gasteiger partial charge on any atom is 0.313 e. The van der Waals surface area contributed by atoms with Crippen molar-refractivity contribution in [1.29, 1.82) is 0 Å². The Balaban J connectivity index is 1.91. The quantitative estimate of drug-likeness (QED) is 0.535. The number of likely N-dealkylation sites (tertiary alicyclic amines) is 1. The molecule has 4 aliphatic rings. The molecule has 4 aliphatic heterocycles. The SMILES string of the molecule is CC(C)N1CC=C[C@]23O[C@@]4(C)C=CCOC(=O)[C@H]4[C@H]2C(=O)N([C@H](C)CO)C3C1=O. The molecule has 4 heterocycles. The van der Waals surface area contributed by atoms with Crippen LogP contribution in [0.1, 0.15) is 27.7 Å². The number of aliphatic hydroxyl groups is 1. The van der Waals surface area contributed by atoms with Crippen LogP contribution >= 0.6 is 0 Å². The molecule has 0 bridgehead atoms. The van der Waals surface area contributed by atoms with Crippen LogP contribution in [-0.4, -0.2) is 81.8 Å². The van der Waals surface area contributed by atoms with Crippen molar-refractivity contribution in [3.05, 3.63) is 24.3 Å². The zero-order chi connectivity index (χ0) is 21.1. The van der Waals surface area contributed by atoms with Crippen LogP contribution in [0.5, 0.6) is 0 Å². The number of aliphatic hydroxyl groups excluding tert-OH is 1. The third-order valence-corrected chi connectivity index (χ3v) is 6.64. The van der Waals surface area contributed by atoms with Crippen LogP contribution in [-0.2, 0) is 23.9 Å². The summed E-state index contributed by atoms with van der Waals surface area (Å²) in [6.45, 7) is 7.51. The van der Waals surface area contributed by atoms with Gasteiger partial charge in [0.1, 0.15) is 24.2 Å². The lowest BCUT2D eigenvalue weighted by Crippen LogP contribution is -2.59. The molecule has 0 radical (unpaired) electrons. The highest BCUT2D eigenvalue weighted by Crippen LogP contribution is 2.57. The van der Waals surface area contributed by atoms with Crippen molar-refractivity contribution in [3.8, 4) is 0 Å². The second kappa shape index (κ2) is 6.67. The predicted octanol–water partition coefficient (Wildman–Crippen LogP) is 0.258. The van der Waals surface area contributed by atoms with Gasteiger partial charge in [0, 0.05) is 12.6 Å². The van der Waals surface area contributed by atoms with Gasteiger partial charge < -0.3 is 24.4 Å². The molecule has 8 nitrogen and oxygen atoms in total. The lowest BCUT2D eigenvalue weighted by molar-refractivity contribution is -0.159. The van der Waals surface area contributed by atoms with Gasteiger partial charge in [0.25, 0.3) is 0 Å². The summed E-state index contributed by atoms with van der Waals surface area (Å²) in [7, 11) is 0. The Hall–Kier alpha value is -2.19. The molecule has 0 aromatic rings. The van der Waals surface area contributed by atoms with Gasteiger partial charge in [-0.25, -0.2) is 0 Å². The minimum absolute atomic E-state index is 0.0740. The molecule has 29 heavy (non-hydrogen) atoms. The molecule has 158 valence electrons. The van der Waals surface area contributed by atoms with Gasteiger partial charge >= 0.3 is 5.97 Å². The van der Waals surface area contributed by atoms with Crippen molar-refractivity contribution in [2.45, 2.75) is 57.0 Å². The van der Waals surface area contributed by atoms with Crippen LogP contribution in [0.15, 0.2) is 24.3 Å². The van der Waals surface area contributed by atoms with Gasteiger partial charge in [-0.2, -0.15) is 0 Å². The van der Waals surface area contributed by atoms with E-state index in [0.29, 0.717) is 6.54 Å². The van der Waals surface area contributed by atoms with E-state index in [4.69, 9.17) is 9.47 Å². The molecule has 2 amide bonds. The number of hydrogen-bond donors (Lipinski definition) is 1. The normalized spacial score (nSPS) is 39.8. The van der Waals surface area contributed by atoms with Crippen molar-refractivity contribution in [2.75, 3.05) is 19.8 Å². The van der Waals surface area contributed by atoms with Crippen molar-refractivity contribution >= 4 is 17.8 Å². The molecule has 1 unspecified atom stereocenters. The van der Waals surface area contributed by atoms with Gasteiger partial charge in [0.15, 0.2) is 0 Å². The molecule has 0 aromatic carbocycles. The minimum atomic E-state index is -1.29. The molecule has 0 aromatic heterocycles. The first-order valence-electron chi connectivity index (χ1n) is 10.1. The number of carbonyl (C=O) groups is 3. The van der Waals surface area contributed by atoms with Crippen molar-refractivity contribution < 1.29 is 29.0 Å². The number of ether oxygens (including phenoxy) is 2. The number of amides is 2. The van der Waals surface area contributed by atoms with Gasteiger partial charge in [-0.3, -0.25) is 14.4 Å². The highest BCUT2D eigenvalue weighted by molar-refractivity contribution is 5.99. The summed E-state index contributed by atoms with van der Waals surface area (Å²) in [5.41, 5.74) is -2.35. The average molecular weight is 404 g/mol. The first-order chi connectivity index (χ1) is 13.7. The van der Waals surface area contributed by atoms with Gasteiger partial charge in [-0.15, -0.1) is 0 Å². The zero-order valence-electron chi connectivity index (χ0n) is 17.2. The van der Waals surface area contributed by atoms with Crippen LogP contribution in [0.25, 0.3) is 0 Å². The summed E-state index contributed by atoms with van der Waals surface area (Å²) in [5.74, 6) is -2.86. The number of esters is 1. The Morgan fingerprint density at radius 3 is 2.52 bits per heavy atom. The number of carbonyl (C=O) groups excluding carboxylic acids is 3. The van der Waals surface area contributed by atoms with Gasteiger partial charge in [0.2, 0.25) is 11.8 Å². The Morgan fingerprint density at radius 2 is 1.86 bits per heavy atom. The number of rotatable bonds is 3. The minimum Gasteiger partial charge on any atom is -0.461 e. The third kappa shape index (κ3) is 2.61. The summed E-state index contributed by atoms with van der Waals surface area (Å²) in [6.07, 6.45) is 7.11. The maximum atomic E-state index is 13.6. The summed E-state index contributed by atoms with van der Waals surface area (Å²) in [6, 6.07) is -1.62. The van der Waals surface area contributed by atoms with Gasteiger partial charge in [-0.05, 0) is 33.8 Å². The summed E-state index contributed by atoms with van der Waals surface area (Å²) in [5, 5.41) is 9.80. The van der Waals surface area contributed by atoms with Gasteiger partial charge in [-0.1, -0.05) is 18.2 Å². The van der Waals surface area contributed by atoms with E-state index in [-0.39, 0.29) is 31.1 Å². The molecule has 8 heteroatoms. The number of cyclic esters (lactones) is 1. The van der Waals surface area contributed by atoms with Crippen molar-refractivity contribution in [3.63, 3.8) is 0 Å². The van der Waals surface area contributed by atoms with Crippen molar-refractivity contribution in [2.24, 2.45) is 11.8 Å². The van der Waals surface area contributed by atoms with E-state index >= 15 is 0 Å². The lowest BCUT2D eigenvalue weighted by atomic mass is 9.75. The lowest BCUT2D eigenvalue weighted by Gasteiger charge is -2.39. The number of hydrogen-bond acceptors (Lipinski definition) is 6. The van der Waals surface area contributed by atoms with Crippen LogP contribution < -0.4 is 0 Å². The highest BCUT2D eigenvalue weighted by atomic mass is 16.6. The van der Waals surface area contributed by atoms with Crippen LogP contribution in [0.2, 0.25) is 0 Å². The molecule has 1 spiro atoms. The monoisotopic (exact) mass is 404 g/mol. The largest absolute Gasteiger partial charge is 0.461 e. The molecule has 6 atom stereocenters. The zero-order valence-corrected chi connectivity index (χ0v) is 17.2. The molecule has 2 saturated heterocycles. The summed E-state index contributed by atoms with van der Waals surface area (Å²) in [4.78, 5) is 43.2. The Labute approximate surface area is 170 Å². The first-order valence-corrected chi connectivity index (χ1v) is 10.1. The second-order valence-corrected chi connectivity index (χ2v) is 8.79. The van der Waals surface area contributed by atoms with E-state index in [0.717, 1.165) is 0 Å². The molecular weight excluding hydrogens is 376 g/mol. The average Bonchev–Trinajstić information content (AvgIpc) is 2.92. The fourth-order valence-corrected chi connectivity index (χ4v) is 5.34. The van der Waals surface area contributed by atoms with Gasteiger partial charge in [0.05, 0.1) is 24.2 Å². The van der Waals surface area contributed by atoms with Crippen LogP contribution in [0.4, 0.5) is 0 Å². The molecule has 1 N–H and O–H groups in total. The van der Waals surface area contributed by atoms with E-state index in [1.54, 1.807) is 37.0 Å². The van der Waals surface area contributed by atoms with E-state index in [9.17, 15) is 19.5 Å². The molecular formula is C21H28N2O6. The van der Waals surface area contributed by atoms with Crippen LogP contribution in [0.3, 0.4) is 0 Å². The Kier molecular flexibility index (Phi) is 4.62. The van der Waals surface area contributed by atoms with E-state index in [2.05, 4.69) is 0 Å². The smallest absolute Gasteiger partial charge is 0.313 e. The van der Waals surface area contributed by atoms with Crippen molar-refractivity contribution in [1.82, 2.24) is 9.80 Å². The van der Waals surface area contributed by atoms with E-state index < -0.39 is 41.1 Å². The molecule has 4 rings (SSSR count).